The molecule has 0 aromatic carbocycles. The summed E-state index contributed by atoms with van der Waals surface area (Å²) >= 11 is 0. The minimum absolute atomic E-state index is 0.361. The first kappa shape index (κ1) is 15.3. The molecule has 1 aliphatic rings. The predicted molar refractivity (Wildman–Crippen MR) is 80.6 cm³/mol. The lowest BCUT2D eigenvalue weighted by atomic mass is 9.82. The lowest BCUT2D eigenvalue weighted by Gasteiger charge is -2.32. The maximum Gasteiger partial charge on any atom is 0.514 e. The zero-order valence-corrected chi connectivity index (χ0v) is 13.5. The molecule has 0 amide bonds. The molecule has 0 N–H and O–H groups in total. The molecule has 0 bridgehead atoms. The Labute approximate surface area is 122 Å². The van der Waals surface area contributed by atoms with Crippen LogP contribution in [0.25, 0.3) is 0 Å². The van der Waals surface area contributed by atoms with E-state index in [1.54, 1.807) is 7.11 Å². The van der Waals surface area contributed by atoms with E-state index in [2.05, 4.69) is 18.8 Å². The van der Waals surface area contributed by atoms with Gasteiger partial charge in [-0.25, -0.2) is 4.98 Å². The average molecular weight is 277 g/mol. The Morgan fingerprint density at radius 3 is 2.10 bits per heavy atom. The molecule has 1 aromatic rings. The summed E-state index contributed by atoms with van der Waals surface area (Å²) in [6, 6.07) is 3.99. The van der Waals surface area contributed by atoms with Crippen LogP contribution in [0.15, 0.2) is 12.1 Å². The van der Waals surface area contributed by atoms with Crippen LogP contribution in [0, 0.1) is 0 Å². The van der Waals surface area contributed by atoms with Crippen molar-refractivity contribution in [2.24, 2.45) is 0 Å². The standard InChI is InChI=1S/C15H24BNO3/c1-10(2)11-8-12(17-13(9-11)18-7)16-19-14(3,4)15(5,6)20-16/h8-10H,1-7H3. The molecule has 0 atom stereocenters. The van der Waals surface area contributed by atoms with Crippen LogP contribution in [0.1, 0.15) is 53.0 Å². The number of methoxy groups -OCH3 is 1. The molecule has 0 radical (unpaired) electrons. The number of hydrogen-bond donors (Lipinski definition) is 0. The Hall–Kier alpha value is -1.07. The maximum atomic E-state index is 6.04. The largest absolute Gasteiger partial charge is 0.514 e. The number of rotatable bonds is 3. The summed E-state index contributed by atoms with van der Waals surface area (Å²) in [6.07, 6.45) is 0. The molecular formula is C15H24BNO3. The van der Waals surface area contributed by atoms with Crippen LogP contribution >= 0.6 is 0 Å². The van der Waals surface area contributed by atoms with Crippen LogP contribution in [0.5, 0.6) is 5.88 Å². The van der Waals surface area contributed by atoms with Gasteiger partial charge in [0.25, 0.3) is 0 Å². The molecule has 4 nitrogen and oxygen atoms in total. The molecule has 0 unspecified atom stereocenters. The second-order valence-corrected chi connectivity index (χ2v) is 6.61. The highest BCUT2D eigenvalue weighted by Gasteiger charge is 2.52. The summed E-state index contributed by atoms with van der Waals surface area (Å²) in [7, 11) is 1.17. The molecule has 0 aliphatic carbocycles. The van der Waals surface area contributed by atoms with E-state index in [4.69, 9.17) is 14.0 Å². The quantitative estimate of drug-likeness (QED) is 0.796. The van der Waals surface area contributed by atoms with Gasteiger partial charge in [0.1, 0.15) is 0 Å². The second-order valence-electron chi connectivity index (χ2n) is 6.61. The maximum absolute atomic E-state index is 6.04. The van der Waals surface area contributed by atoms with E-state index in [0.717, 1.165) is 5.59 Å². The summed E-state index contributed by atoms with van der Waals surface area (Å²) in [5, 5.41) is 0. The average Bonchev–Trinajstić information content (AvgIpc) is 2.58. The van der Waals surface area contributed by atoms with E-state index in [-0.39, 0.29) is 11.2 Å². The van der Waals surface area contributed by atoms with Crippen molar-refractivity contribution in [3.63, 3.8) is 0 Å². The molecule has 1 fully saturated rings. The van der Waals surface area contributed by atoms with E-state index < -0.39 is 7.12 Å². The van der Waals surface area contributed by atoms with Gasteiger partial charge in [0.15, 0.2) is 0 Å². The fourth-order valence-corrected chi connectivity index (χ4v) is 2.07. The molecule has 5 heteroatoms. The van der Waals surface area contributed by atoms with Crippen molar-refractivity contribution in [3.05, 3.63) is 17.7 Å². The van der Waals surface area contributed by atoms with Gasteiger partial charge in [0.2, 0.25) is 5.88 Å². The van der Waals surface area contributed by atoms with Gasteiger partial charge in [-0.15, -0.1) is 0 Å². The Balaban J connectivity index is 2.37. The highest BCUT2D eigenvalue weighted by molar-refractivity contribution is 6.61. The number of ether oxygens (including phenoxy) is 1. The minimum Gasteiger partial charge on any atom is -0.481 e. The van der Waals surface area contributed by atoms with Gasteiger partial charge >= 0.3 is 7.12 Å². The summed E-state index contributed by atoms with van der Waals surface area (Å²) < 4.78 is 17.4. The highest BCUT2D eigenvalue weighted by Crippen LogP contribution is 2.36. The molecule has 110 valence electrons. The Kier molecular flexibility index (Phi) is 3.86. The molecule has 2 heterocycles. The fraction of sp³-hybridized carbons (Fsp3) is 0.667. The summed E-state index contributed by atoms with van der Waals surface area (Å²) in [5.74, 6) is 0.994. The zero-order valence-electron chi connectivity index (χ0n) is 13.5. The van der Waals surface area contributed by atoms with Crippen LogP contribution in [-0.2, 0) is 9.31 Å². The topological polar surface area (TPSA) is 40.6 Å². The molecule has 1 aromatic heterocycles. The minimum atomic E-state index is -0.451. The van der Waals surface area contributed by atoms with Gasteiger partial charge in [-0.3, -0.25) is 0 Å². The number of nitrogens with zero attached hydrogens (tertiary/aromatic N) is 1. The van der Waals surface area contributed by atoms with Crippen molar-refractivity contribution in [3.8, 4) is 5.88 Å². The van der Waals surface area contributed by atoms with Gasteiger partial charge in [-0.1, -0.05) is 13.8 Å². The number of hydrogen-bond acceptors (Lipinski definition) is 4. The SMILES string of the molecule is COc1cc(C(C)C)cc(B2OC(C)(C)C(C)(C)O2)n1. The molecule has 1 saturated heterocycles. The lowest BCUT2D eigenvalue weighted by molar-refractivity contribution is 0.00578. The lowest BCUT2D eigenvalue weighted by Crippen LogP contribution is -2.41. The monoisotopic (exact) mass is 277 g/mol. The smallest absolute Gasteiger partial charge is 0.481 e. The third-order valence-corrected chi connectivity index (χ3v) is 4.21. The normalized spacial score (nSPS) is 20.5. The summed E-state index contributed by atoms with van der Waals surface area (Å²) in [5.41, 5.74) is 1.22. The molecule has 0 saturated carbocycles. The zero-order chi connectivity index (χ0) is 15.1. The third-order valence-electron chi connectivity index (χ3n) is 4.21. The first-order valence-corrected chi connectivity index (χ1v) is 7.08. The van der Waals surface area contributed by atoms with Gasteiger partial charge in [0.05, 0.1) is 23.9 Å². The van der Waals surface area contributed by atoms with Crippen LogP contribution in [0.3, 0.4) is 0 Å². The number of pyridine rings is 1. The van der Waals surface area contributed by atoms with E-state index in [1.165, 1.54) is 5.56 Å². The van der Waals surface area contributed by atoms with E-state index in [0.29, 0.717) is 11.8 Å². The Morgan fingerprint density at radius 2 is 1.65 bits per heavy atom. The van der Waals surface area contributed by atoms with Gasteiger partial charge < -0.3 is 14.0 Å². The van der Waals surface area contributed by atoms with E-state index in [1.807, 2.05) is 39.8 Å². The molecule has 0 spiro atoms. The van der Waals surface area contributed by atoms with E-state index >= 15 is 0 Å². The van der Waals surface area contributed by atoms with E-state index in [9.17, 15) is 0 Å². The van der Waals surface area contributed by atoms with Crippen molar-refractivity contribution in [1.82, 2.24) is 4.98 Å². The van der Waals surface area contributed by atoms with Gasteiger partial charge in [-0.05, 0) is 45.2 Å². The molecule has 2 rings (SSSR count). The van der Waals surface area contributed by atoms with Crippen LogP contribution in [0.4, 0.5) is 0 Å². The number of aromatic nitrogens is 1. The van der Waals surface area contributed by atoms with Crippen LogP contribution in [-0.4, -0.2) is 30.4 Å². The Bertz CT molecular complexity index is 484. The van der Waals surface area contributed by atoms with Gasteiger partial charge in [-0.2, -0.15) is 0 Å². The van der Waals surface area contributed by atoms with Crippen molar-refractivity contribution in [2.45, 2.75) is 58.7 Å². The first-order chi connectivity index (χ1) is 9.16. The predicted octanol–water partition coefficient (Wildman–Crippen LogP) is 2.51. The summed E-state index contributed by atoms with van der Waals surface area (Å²) in [4.78, 5) is 4.48. The van der Waals surface area contributed by atoms with Crippen LogP contribution < -0.4 is 10.3 Å². The molecule has 1 aliphatic heterocycles. The highest BCUT2D eigenvalue weighted by atomic mass is 16.7. The first-order valence-electron chi connectivity index (χ1n) is 7.08. The van der Waals surface area contributed by atoms with Crippen LogP contribution in [0.2, 0.25) is 0 Å². The molecule has 20 heavy (non-hydrogen) atoms. The Morgan fingerprint density at radius 1 is 1.10 bits per heavy atom. The van der Waals surface area contributed by atoms with Crippen molar-refractivity contribution < 1.29 is 14.0 Å². The summed E-state index contributed by atoms with van der Waals surface area (Å²) in [6.45, 7) is 12.4. The van der Waals surface area contributed by atoms with Gasteiger partial charge in [0, 0.05) is 6.07 Å². The van der Waals surface area contributed by atoms with Crippen molar-refractivity contribution in [1.29, 1.82) is 0 Å². The fourth-order valence-electron chi connectivity index (χ4n) is 2.07. The molecular weight excluding hydrogens is 253 g/mol. The van der Waals surface area contributed by atoms with Crippen molar-refractivity contribution in [2.75, 3.05) is 7.11 Å². The third kappa shape index (κ3) is 2.70. The second kappa shape index (κ2) is 5.04. The van der Waals surface area contributed by atoms with Crippen molar-refractivity contribution >= 4 is 12.7 Å².